The molecule has 1 rings (SSSR count). The lowest BCUT2D eigenvalue weighted by atomic mass is 10.0. The van der Waals surface area contributed by atoms with Crippen LogP contribution in [-0.4, -0.2) is 23.6 Å². The summed E-state index contributed by atoms with van der Waals surface area (Å²) in [5, 5.41) is 8.92. The Kier molecular flexibility index (Phi) is 5.22. The number of thioether (sulfide) groups is 2. The fourth-order valence-electron chi connectivity index (χ4n) is 1.53. The quantitative estimate of drug-likeness (QED) is 0.819. The highest BCUT2D eigenvalue weighted by Crippen LogP contribution is 2.32. The number of rotatable bonds is 5. The van der Waals surface area contributed by atoms with Crippen LogP contribution in [0.4, 0.5) is 0 Å². The van der Waals surface area contributed by atoms with E-state index in [0.29, 0.717) is 6.42 Å². The molecule has 0 heterocycles. The molecular weight excluding hydrogens is 240 g/mol. The zero-order valence-electron chi connectivity index (χ0n) is 9.69. The van der Waals surface area contributed by atoms with Crippen LogP contribution in [0, 0.1) is 5.92 Å². The number of benzene rings is 1. The molecule has 1 N–H and O–H groups in total. The Morgan fingerprint density at radius 1 is 1.38 bits per heavy atom. The maximum Gasteiger partial charge on any atom is 0.306 e. The highest BCUT2D eigenvalue weighted by molar-refractivity contribution is 8.01. The molecular formula is C12H16O2S2. The molecule has 88 valence electrons. The summed E-state index contributed by atoms with van der Waals surface area (Å²) < 4.78 is 0. The third-order valence-electron chi connectivity index (χ3n) is 2.43. The fraction of sp³-hybridized carbons (Fsp3) is 0.417. The van der Waals surface area contributed by atoms with E-state index in [2.05, 4.69) is 6.07 Å². The number of carboxylic acid groups (broad SMARTS) is 1. The van der Waals surface area contributed by atoms with E-state index in [1.54, 1.807) is 30.4 Å². The summed E-state index contributed by atoms with van der Waals surface area (Å²) in [5.41, 5.74) is 1.13. The van der Waals surface area contributed by atoms with Crippen molar-refractivity contribution in [1.29, 1.82) is 0 Å². The molecule has 1 aromatic rings. The summed E-state index contributed by atoms with van der Waals surface area (Å²) >= 11 is 3.39. The predicted octanol–water partition coefficient (Wildman–Crippen LogP) is 3.39. The average molecular weight is 256 g/mol. The van der Waals surface area contributed by atoms with E-state index in [4.69, 9.17) is 5.11 Å². The number of aliphatic carboxylic acids is 1. The third-order valence-corrected chi connectivity index (χ3v) is 4.23. The monoisotopic (exact) mass is 256 g/mol. The SMILES string of the molecule is CSc1cccc(CC(C)C(=O)O)c1SC. The maximum absolute atomic E-state index is 10.8. The molecule has 1 atom stereocenters. The van der Waals surface area contributed by atoms with Crippen molar-refractivity contribution in [1.82, 2.24) is 0 Å². The molecule has 0 saturated carbocycles. The van der Waals surface area contributed by atoms with Gasteiger partial charge in [-0.3, -0.25) is 4.79 Å². The number of hydrogen-bond donors (Lipinski definition) is 1. The second kappa shape index (κ2) is 6.21. The van der Waals surface area contributed by atoms with Crippen LogP contribution >= 0.6 is 23.5 Å². The van der Waals surface area contributed by atoms with Crippen molar-refractivity contribution in [2.75, 3.05) is 12.5 Å². The number of hydrogen-bond acceptors (Lipinski definition) is 3. The van der Waals surface area contributed by atoms with E-state index in [0.717, 1.165) is 5.56 Å². The standard InChI is InChI=1S/C12H16O2S2/c1-8(12(13)14)7-9-5-4-6-10(15-2)11(9)16-3/h4-6,8H,7H2,1-3H3,(H,13,14). The molecule has 0 aliphatic rings. The van der Waals surface area contributed by atoms with Crippen LogP contribution in [-0.2, 0) is 11.2 Å². The Bertz CT molecular complexity index is 377. The van der Waals surface area contributed by atoms with Crippen molar-refractivity contribution in [3.63, 3.8) is 0 Å². The lowest BCUT2D eigenvalue weighted by Gasteiger charge is -2.13. The second-order valence-corrected chi connectivity index (χ2v) is 5.26. The van der Waals surface area contributed by atoms with E-state index in [1.165, 1.54) is 9.79 Å². The first kappa shape index (κ1) is 13.5. The van der Waals surface area contributed by atoms with Gasteiger partial charge >= 0.3 is 5.97 Å². The zero-order valence-corrected chi connectivity index (χ0v) is 11.3. The van der Waals surface area contributed by atoms with Gasteiger partial charge < -0.3 is 5.11 Å². The molecule has 16 heavy (non-hydrogen) atoms. The van der Waals surface area contributed by atoms with Crippen LogP contribution in [0.5, 0.6) is 0 Å². The normalized spacial score (nSPS) is 12.4. The number of carbonyl (C=O) groups is 1. The number of carboxylic acids is 1. The van der Waals surface area contributed by atoms with Crippen molar-refractivity contribution in [2.24, 2.45) is 5.92 Å². The Balaban J connectivity index is 2.99. The van der Waals surface area contributed by atoms with Gasteiger partial charge in [0.1, 0.15) is 0 Å². The first-order valence-electron chi connectivity index (χ1n) is 5.02. The summed E-state index contributed by atoms with van der Waals surface area (Å²) in [4.78, 5) is 13.3. The van der Waals surface area contributed by atoms with E-state index in [9.17, 15) is 4.79 Å². The van der Waals surface area contributed by atoms with Crippen molar-refractivity contribution in [3.05, 3.63) is 23.8 Å². The summed E-state index contributed by atoms with van der Waals surface area (Å²) in [6.07, 6.45) is 4.67. The van der Waals surface area contributed by atoms with Crippen LogP contribution in [0.1, 0.15) is 12.5 Å². The first-order valence-corrected chi connectivity index (χ1v) is 7.47. The van der Waals surface area contributed by atoms with Gasteiger partial charge in [0, 0.05) is 9.79 Å². The predicted molar refractivity (Wildman–Crippen MR) is 70.5 cm³/mol. The van der Waals surface area contributed by atoms with E-state index >= 15 is 0 Å². The lowest BCUT2D eigenvalue weighted by Crippen LogP contribution is -2.12. The minimum absolute atomic E-state index is 0.331. The zero-order chi connectivity index (χ0) is 12.1. The highest BCUT2D eigenvalue weighted by atomic mass is 32.2. The topological polar surface area (TPSA) is 37.3 Å². The highest BCUT2D eigenvalue weighted by Gasteiger charge is 2.15. The van der Waals surface area contributed by atoms with Crippen molar-refractivity contribution in [3.8, 4) is 0 Å². The molecule has 1 aromatic carbocycles. The molecule has 1 unspecified atom stereocenters. The van der Waals surface area contributed by atoms with Gasteiger partial charge in [-0.1, -0.05) is 19.1 Å². The van der Waals surface area contributed by atoms with Gasteiger partial charge in [0.25, 0.3) is 0 Å². The molecule has 0 amide bonds. The molecule has 2 nitrogen and oxygen atoms in total. The van der Waals surface area contributed by atoms with Crippen molar-refractivity contribution >= 4 is 29.5 Å². The third kappa shape index (κ3) is 3.19. The van der Waals surface area contributed by atoms with Crippen LogP contribution in [0.15, 0.2) is 28.0 Å². The summed E-state index contributed by atoms with van der Waals surface area (Å²) in [6, 6.07) is 6.09. The molecule has 4 heteroatoms. The van der Waals surface area contributed by atoms with Crippen molar-refractivity contribution in [2.45, 2.75) is 23.1 Å². The summed E-state index contributed by atoms with van der Waals surface area (Å²) in [6.45, 7) is 1.75. The Morgan fingerprint density at radius 2 is 2.06 bits per heavy atom. The fourth-order valence-corrected chi connectivity index (χ4v) is 3.25. The molecule has 0 bridgehead atoms. The smallest absolute Gasteiger partial charge is 0.306 e. The molecule has 0 aliphatic heterocycles. The van der Waals surface area contributed by atoms with Gasteiger partial charge in [-0.05, 0) is 30.6 Å². The molecule has 0 spiro atoms. The lowest BCUT2D eigenvalue weighted by molar-refractivity contribution is -0.141. The van der Waals surface area contributed by atoms with Gasteiger partial charge in [0.2, 0.25) is 0 Å². The molecule has 0 radical (unpaired) electrons. The molecule has 0 fully saturated rings. The van der Waals surface area contributed by atoms with Crippen LogP contribution < -0.4 is 0 Å². The average Bonchev–Trinajstić information content (AvgIpc) is 2.28. The van der Waals surface area contributed by atoms with E-state index in [1.807, 2.05) is 24.6 Å². The van der Waals surface area contributed by atoms with E-state index in [-0.39, 0.29) is 5.92 Å². The molecule has 0 aliphatic carbocycles. The van der Waals surface area contributed by atoms with E-state index < -0.39 is 5.97 Å². The summed E-state index contributed by atoms with van der Waals surface area (Å²) in [5.74, 6) is -1.07. The summed E-state index contributed by atoms with van der Waals surface area (Å²) in [7, 11) is 0. The maximum atomic E-state index is 10.8. The van der Waals surface area contributed by atoms with Gasteiger partial charge in [-0.25, -0.2) is 0 Å². The minimum Gasteiger partial charge on any atom is -0.481 e. The van der Waals surface area contributed by atoms with Crippen LogP contribution in [0.25, 0.3) is 0 Å². The van der Waals surface area contributed by atoms with Gasteiger partial charge in [-0.15, -0.1) is 23.5 Å². The minimum atomic E-state index is -0.735. The molecule has 0 saturated heterocycles. The Labute approximate surface area is 105 Å². The van der Waals surface area contributed by atoms with Crippen LogP contribution in [0.3, 0.4) is 0 Å². The van der Waals surface area contributed by atoms with Gasteiger partial charge in [0.15, 0.2) is 0 Å². The first-order chi connectivity index (χ1) is 7.60. The van der Waals surface area contributed by atoms with Gasteiger partial charge in [0.05, 0.1) is 5.92 Å². The second-order valence-electron chi connectivity index (χ2n) is 3.60. The van der Waals surface area contributed by atoms with Crippen molar-refractivity contribution < 1.29 is 9.90 Å². The van der Waals surface area contributed by atoms with Gasteiger partial charge in [-0.2, -0.15) is 0 Å². The largest absolute Gasteiger partial charge is 0.481 e. The Hall–Kier alpha value is -0.610. The Morgan fingerprint density at radius 3 is 2.56 bits per heavy atom. The van der Waals surface area contributed by atoms with Crippen LogP contribution in [0.2, 0.25) is 0 Å². The molecule has 0 aromatic heterocycles.